The Kier molecular flexibility index (Phi) is 3.97. The number of benzene rings is 1. The lowest BCUT2D eigenvalue weighted by Crippen LogP contribution is -2.28. The van der Waals surface area contributed by atoms with Gasteiger partial charge >= 0.3 is 6.18 Å². The Morgan fingerprint density at radius 2 is 2.06 bits per heavy atom. The highest BCUT2D eigenvalue weighted by atomic mass is 19.4. The molecule has 0 radical (unpaired) electrons. The van der Waals surface area contributed by atoms with Crippen molar-refractivity contribution in [3.05, 3.63) is 29.3 Å². The number of hydrogen-bond donors (Lipinski definition) is 2. The van der Waals surface area contributed by atoms with Crippen molar-refractivity contribution in [2.45, 2.75) is 25.1 Å². The molecule has 0 aliphatic heterocycles. The van der Waals surface area contributed by atoms with Gasteiger partial charge in [-0.15, -0.1) is 0 Å². The minimum atomic E-state index is -4.61. The fourth-order valence-electron chi connectivity index (χ4n) is 1.39. The summed E-state index contributed by atoms with van der Waals surface area (Å²) in [7, 11) is 0. The van der Waals surface area contributed by atoms with E-state index in [1.165, 1.54) is 12.1 Å². The van der Waals surface area contributed by atoms with Crippen LogP contribution in [0.1, 0.15) is 23.6 Å². The van der Waals surface area contributed by atoms with Crippen molar-refractivity contribution in [3.8, 4) is 11.8 Å². The van der Waals surface area contributed by atoms with Crippen LogP contribution >= 0.6 is 0 Å². The van der Waals surface area contributed by atoms with Crippen molar-refractivity contribution in [1.82, 2.24) is 0 Å². The lowest BCUT2D eigenvalue weighted by atomic mass is 10.0. The number of nitrogens with two attached hydrogens (primary N) is 1. The molecule has 6 heteroatoms. The molecule has 92 valence electrons. The summed E-state index contributed by atoms with van der Waals surface area (Å²) in [6.07, 6.45) is -4.08. The van der Waals surface area contributed by atoms with Gasteiger partial charge in [-0.1, -0.05) is 12.1 Å². The lowest BCUT2D eigenvalue weighted by Gasteiger charge is -2.17. The molecule has 0 unspecified atom stereocenters. The maximum atomic E-state index is 12.4. The highest BCUT2D eigenvalue weighted by Gasteiger charge is 2.39. The minimum Gasteiger partial charge on any atom is -0.508 e. The zero-order valence-electron chi connectivity index (χ0n) is 8.83. The third-order valence-electron chi connectivity index (χ3n) is 2.31. The van der Waals surface area contributed by atoms with Crippen LogP contribution in [-0.2, 0) is 6.42 Å². The van der Waals surface area contributed by atoms with Gasteiger partial charge < -0.3 is 10.8 Å². The molecule has 1 aromatic rings. The van der Waals surface area contributed by atoms with Crippen LogP contribution in [0.3, 0.4) is 0 Å². The van der Waals surface area contributed by atoms with Crippen molar-refractivity contribution in [2.75, 3.05) is 0 Å². The molecule has 0 spiro atoms. The summed E-state index contributed by atoms with van der Waals surface area (Å²) in [6.45, 7) is 0. The summed E-state index contributed by atoms with van der Waals surface area (Å²) in [4.78, 5) is 0. The molecule has 0 aliphatic rings. The Morgan fingerprint density at radius 1 is 1.41 bits per heavy atom. The van der Waals surface area contributed by atoms with Crippen LogP contribution in [0.25, 0.3) is 0 Å². The number of nitriles is 1. The van der Waals surface area contributed by atoms with Crippen LogP contribution in [-0.4, -0.2) is 11.3 Å². The SMILES string of the molecule is N#CCCc1ccc(O)c([C@@H](N)C(F)(F)F)c1. The van der Waals surface area contributed by atoms with Crippen molar-refractivity contribution >= 4 is 0 Å². The number of phenols is 1. The van der Waals surface area contributed by atoms with Crippen molar-refractivity contribution in [3.63, 3.8) is 0 Å². The second-order valence-electron chi connectivity index (χ2n) is 3.57. The van der Waals surface area contributed by atoms with E-state index < -0.39 is 18.0 Å². The van der Waals surface area contributed by atoms with E-state index in [1.807, 2.05) is 6.07 Å². The van der Waals surface area contributed by atoms with Crippen LogP contribution < -0.4 is 5.73 Å². The molecule has 3 N–H and O–H groups in total. The number of aromatic hydroxyl groups is 1. The predicted octanol–water partition coefficient (Wildman–Crippen LogP) is 2.41. The first-order valence-electron chi connectivity index (χ1n) is 4.87. The van der Waals surface area contributed by atoms with Crippen molar-refractivity contribution < 1.29 is 18.3 Å². The van der Waals surface area contributed by atoms with Gasteiger partial charge in [-0.2, -0.15) is 18.4 Å². The van der Waals surface area contributed by atoms with Gasteiger partial charge in [0.2, 0.25) is 0 Å². The molecule has 0 saturated carbocycles. The van der Waals surface area contributed by atoms with Gasteiger partial charge in [0, 0.05) is 12.0 Å². The molecular weight excluding hydrogens is 233 g/mol. The first kappa shape index (κ1) is 13.3. The summed E-state index contributed by atoms with van der Waals surface area (Å²) in [5, 5.41) is 17.7. The molecule has 0 fully saturated rings. The fourth-order valence-corrected chi connectivity index (χ4v) is 1.39. The van der Waals surface area contributed by atoms with E-state index in [-0.39, 0.29) is 12.0 Å². The zero-order chi connectivity index (χ0) is 13.1. The monoisotopic (exact) mass is 244 g/mol. The summed E-state index contributed by atoms with van der Waals surface area (Å²) in [5.74, 6) is -0.490. The molecule has 1 rings (SSSR count). The molecule has 0 amide bonds. The lowest BCUT2D eigenvalue weighted by molar-refractivity contribution is -0.149. The van der Waals surface area contributed by atoms with Crippen LogP contribution in [0.15, 0.2) is 18.2 Å². The first-order chi connectivity index (χ1) is 7.86. The fraction of sp³-hybridized carbons (Fsp3) is 0.364. The highest BCUT2D eigenvalue weighted by molar-refractivity contribution is 5.39. The van der Waals surface area contributed by atoms with Gasteiger partial charge in [-0.3, -0.25) is 0 Å². The summed E-state index contributed by atoms with van der Waals surface area (Å²) in [6, 6.07) is 3.49. The van der Waals surface area contributed by atoms with Crippen LogP contribution in [0.4, 0.5) is 13.2 Å². The Morgan fingerprint density at radius 3 is 2.59 bits per heavy atom. The topological polar surface area (TPSA) is 70.0 Å². The molecule has 0 heterocycles. The van der Waals surface area contributed by atoms with Gasteiger partial charge in [0.15, 0.2) is 0 Å². The highest BCUT2D eigenvalue weighted by Crippen LogP contribution is 2.35. The molecule has 1 atom stereocenters. The summed E-state index contributed by atoms with van der Waals surface area (Å²) >= 11 is 0. The second kappa shape index (κ2) is 5.06. The Hall–Kier alpha value is -1.74. The number of rotatable bonds is 3. The number of aryl methyl sites for hydroxylation is 1. The smallest absolute Gasteiger partial charge is 0.407 e. The van der Waals surface area contributed by atoms with Gasteiger partial charge in [0.25, 0.3) is 0 Å². The Bertz CT molecular complexity index is 437. The number of phenolic OH excluding ortho intramolecular Hbond substituents is 1. The maximum absolute atomic E-state index is 12.4. The number of halogens is 3. The van der Waals surface area contributed by atoms with Gasteiger partial charge in [0.1, 0.15) is 11.8 Å². The average molecular weight is 244 g/mol. The third kappa shape index (κ3) is 3.36. The Labute approximate surface area is 96.3 Å². The second-order valence-corrected chi connectivity index (χ2v) is 3.57. The molecule has 0 aliphatic carbocycles. The van der Waals surface area contributed by atoms with Crippen molar-refractivity contribution in [2.24, 2.45) is 5.73 Å². The Balaban J connectivity index is 3.03. The van der Waals surface area contributed by atoms with Crippen molar-refractivity contribution in [1.29, 1.82) is 5.26 Å². The van der Waals surface area contributed by atoms with Crippen LogP contribution in [0.5, 0.6) is 5.75 Å². The molecule has 0 bridgehead atoms. The third-order valence-corrected chi connectivity index (χ3v) is 2.31. The molecule has 3 nitrogen and oxygen atoms in total. The zero-order valence-corrected chi connectivity index (χ0v) is 8.83. The van der Waals surface area contributed by atoms with E-state index in [9.17, 15) is 18.3 Å². The number of nitrogens with zero attached hydrogens (tertiary/aromatic N) is 1. The molecule has 0 saturated heterocycles. The minimum absolute atomic E-state index is 0.200. The van der Waals surface area contributed by atoms with E-state index in [1.54, 1.807) is 0 Å². The summed E-state index contributed by atoms with van der Waals surface area (Å²) < 4.78 is 37.2. The van der Waals surface area contributed by atoms with E-state index in [0.29, 0.717) is 12.0 Å². The van der Waals surface area contributed by atoms with Crippen LogP contribution in [0.2, 0.25) is 0 Å². The predicted molar refractivity (Wildman–Crippen MR) is 55.0 cm³/mol. The van der Waals surface area contributed by atoms with E-state index in [2.05, 4.69) is 0 Å². The number of hydrogen-bond acceptors (Lipinski definition) is 3. The molecule has 17 heavy (non-hydrogen) atoms. The number of alkyl halides is 3. The molecular formula is C11H11F3N2O. The average Bonchev–Trinajstić information content (AvgIpc) is 2.26. The van der Waals surface area contributed by atoms with E-state index >= 15 is 0 Å². The van der Waals surface area contributed by atoms with Gasteiger partial charge in [-0.05, 0) is 18.1 Å². The van der Waals surface area contributed by atoms with E-state index in [4.69, 9.17) is 11.0 Å². The van der Waals surface area contributed by atoms with E-state index in [0.717, 1.165) is 6.07 Å². The first-order valence-corrected chi connectivity index (χ1v) is 4.87. The molecule has 0 aromatic heterocycles. The normalized spacial score (nSPS) is 13.1. The van der Waals surface area contributed by atoms with Gasteiger partial charge in [-0.25, -0.2) is 0 Å². The molecule has 1 aromatic carbocycles. The quantitative estimate of drug-likeness (QED) is 0.857. The maximum Gasteiger partial charge on any atom is 0.407 e. The largest absolute Gasteiger partial charge is 0.508 e. The summed E-state index contributed by atoms with van der Waals surface area (Å²) in [5.41, 5.74) is 5.19. The van der Waals surface area contributed by atoms with Gasteiger partial charge in [0.05, 0.1) is 6.07 Å². The standard InChI is InChI=1S/C11H11F3N2O/c12-11(13,14)10(16)8-6-7(2-1-5-15)3-4-9(8)17/h3-4,6,10,17H,1-2,16H2/t10-/m1/s1. The van der Waals surface area contributed by atoms with Crippen LogP contribution in [0, 0.1) is 11.3 Å².